The zero-order valence-electron chi connectivity index (χ0n) is 5.95. The van der Waals surface area contributed by atoms with Crippen molar-refractivity contribution in [3.05, 3.63) is 0 Å². The summed E-state index contributed by atoms with van der Waals surface area (Å²) < 4.78 is 0. The van der Waals surface area contributed by atoms with Gasteiger partial charge in [-0.25, -0.2) is 0 Å². The molecule has 0 unspecified atom stereocenters. The lowest BCUT2D eigenvalue weighted by molar-refractivity contribution is -0.139. The van der Waals surface area contributed by atoms with Gasteiger partial charge in [0.25, 0.3) is 0 Å². The standard InChI is InChI=1S/C6H11NO4/c8-3-6(11)1-4(5(9)10)7-2-6/h4,7-8,11H,1-3H2,(H,9,10)/t4-,6-/m0/s1. The van der Waals surface area contributed by atoms with E-state index in [-0.39, 0.29) is 13.0 Å². The third-order valence-electron chi connectivity index (χ3n) is 1.85. The van der Waals surface area contributed by atoms with E-state index in [1.54, 1.807) is 0 Å². The minimum absolute atomic E-state index is 0.0683. The van der Waals surface area contributed by atoms with E-state index in [0.29, 0.717) is 0 Å². The van der Waals surface area contributed by atoms with Crippen molar-refractivity contribution in [3.63, 3.8) is 0 Å². The number of aliphatic hydroxyl groups excluding tert-OH is 1. The van der Waals surface area contributed by atoms with Crippen LogP contribution in [0.2, 0.25) is 0 Å². The molecule has 1 heterocycles. The average molecular weight is 161 g/mol. The Balaban J connectivity index is 2.53. The van der Waals surface area contributed by atoms with E-state index in [2.05, 4.69) is 5.32 Å². The van der Waals surface area contributed by atoms with Gasteiger partial charge in [0.1, 0.15) is 11.6 Å². The molecule has 5 nitrogen and oxygen atoms in total. The number of carboxylic acids is 1. The zero-order valence-corrected chi connectivity index (χ0v) is 5.95. The van der Waals surface area contributed by atoms with Crippen LogP contribution in [0.1, 0.15) is 6.42 Å². The van der Waals surface area contributed by atoms with Gasteiger partial charge in [0.15, 0.2) is 0 Å². The Morgan fingerprint density at radius 2 is 2.36 bits per heavy atom. The van der Waals surface area contributed by atoms with Gasteiger partial charge in [0, 0.05) is 13.0 Å². The lowest BCUT2D eigenvalue weighted by Crippen LogP contribution is -2.35. The Hall–Kier alpha value is -0.650. The SMILES string of the molecule is O=C(O)[C@@H]1C[C@@](O)(CO)CN1. The molecule has 0 aromatic heterocycles. The molecule has 5 heteroatoms. The van der Waals surface area contributed by atoms with Crippen LogP contribution < -0.4 is 5.32 Å². The topological polar surface area (TPSA) is 89.8 Å². The summed E-state index contributed by atoms with van der Waals surface area (Å²) in [7, 11) is 0. The van der Waals surface area contributed by atoms with Crippen LogP contribution in [0.3, 0.4) is 0 Å². The van der Waals surface area contributed by atoms with Crippen LogP contribution >= 0.6 is 0 Å². The van der Waals surface area contributed by atoms with Crippen molar-refractivity contribution in [2.75, 3.05) is 13.2 Å². The molecule has 4 N–H and O–H groups in total. The van der Waals surface area contributed by atoms with Crippen molar-refractivity contribution >= 4 is 5.97 Å². The number of nitrogens with one attached hydrogen (secondary N) is 1. The summed E-state index contributed by atoms with van der Waals surface area (Å²) in [5, 5.41) is 29.1. The molecule has 1 fully saturated rings. The summed E-state index contributed by atoms with van der Waals surface area (Å²) in [6, 6.07) is -0.729. The number of aliphatic carboxylic acids is 1. The minimum atomic E-state index is -1.25. The molecule has 0 aromatic rings. The molecule has 0 saturated carbocycles. The molecule has 0 aliphatic carbocycles. The summed E-state index contributed by atoms with van der Waals surface area (Å²) in [6.07, 6.45) is 0.0683. The van der Waals surface area contributed by atoms with Gasteiger partial charge in [-0.05, 0) is 0 Å². The molecule has 0 amide bonds. The number of hydrogen-bond donors (Lipinski definition) is 4. The lowest BCUT2D eigenvalue weighted by atomic mass is 10.0. The molecular weight excluding hydrogens is 150 g/mol. The molecule has 0 aromatic carbocycles. The van der Waals surface area contributed by atoms with Crippen LogP contribution in [0.15, 0.2) is 0 Å². The Morgan fingerprint density at radius 3 is 2.64 bits per heavy atom. The Bertz CT molecular complexity index is 172. The quantitative estimate of drug-likeness (QED) is 0.382. The van der Waals surface area contributed by atoms with Crippen LogP contribution in [-0.4, -0.2) is 46.1 Å². The monoisotopic (exact) mass is 161 g/mol. The molecule has 1 aliphatic heterocycles. The number of aliphatic hydroxyl groups is 2. The smallest absolute Gasteiger partial charge is 0.320 e. The van der Waals surface area contributed by atoms with Gasteiger partial charge in [-0.3, -0.25) is 4.79 Å². The van der Waals surface area contributed by atoms with Crippen molar-refractivity contribution in [1.29, 1.82) is 0 Å². The molecule has 1 rings (SSSR count). The number of carbonyl (C=O) groups is 1. The van der Waals surface area contributed by atoms with Gasteiger partial charge in [0.05, 0.1) is 6.61 Å². The summed E-state index contributed by atoms with van der Waals surface area (Å²) in [4.78, 5) is 10.4. The molecule has 0 spiro atoms. The molecule has 1 aliphatic rings. The predicted molar refractivity (Wildman–Crippen MR) is 36.1 cm³/mol. The van der Waals surface area contributed by atoms with Crippen molar-refractivity contribution in [1.82, 2.24) is 5.32 Å². The first kappa shape index (κ1) is 8.45. The Kier molecular flexibility index (Phi) is 2.12. The summed E-state index contributed by atoms with van der Waals surface area (Å²) >= 11 is 0. The molecule has 1 saturated heterocycles. The highest BCUT2D eigenvalue weighted by Crippen LogP contribution is 2.18. The molecule has 0 radical (unpaired) electrons. The van der Waals surface area contributed by atoms with Gasteiger partial charge in [-0.15, -0.1) is 0 Å². The fourth-order valence-corrected chi connectivity index (χ4v) is 1.13. The van der Waals surface area contributed by atoms with Gasteiger partial charge in [-0.1, -0.05) is 0 Å². The summed E-state index contributed by atoms with van der Waals surface area (Å²) in [6.45, 7) is -0.260. The van der Waals surface area contributed by atoms with Gasteiger partial charge in [0.2, 0.25) is 0 Å². The van der Waals surface area contributed by atoms with Crippen molar-refractivity contribution in [3.8, 4) is 0 Å². The van der Waals surface area contributed by atoms with Gasteiger partial charge in [-0.2, -0.15) is 0 Å². The van der Waals surface area contributed by atoms with E-state index >= 15 is 0 Å². The first-order valence-electron chi connectivity index (χ1n) is 3.37. The maximum atomic E-state index is 10.4. The van der Waals surface area contributed by atoms with Crippen LogP contribution in [0.5, 0.6) is 0 Å². The average Bonchev–Trinajstić information content (AvgIpc) is 2.33. The molecular formula is C6H11NO4. The second-order valence-corrected chi connectivity index (χ2v) is 2.86. The Labute approximate surface area is 63.7 Å². The molecule has 2 atom stereocenters. The zero-order chi connectivity index (χ0) is 8.48. The fourth-order valence-electron chi connectivity index (χ4n) is 1.13. The predicted octanol–water partition coefficient (Wildman–Crippen LogP) is -1.84. The fraction of sp³-hybridized carbons (Fsp3) is 0.833. The van der Waals surface area contributed by atoms with E-state index in [0.717, 1.165) is 0 Å². The number of rotatable bonds is 2. The highest BCUT2D eigenvalue weighted by Gasteiger charge is 2.39. The van der Waals surface area contributed by atoms with Gasteiger partial charge < -0.3 is 20.6 Å². The number of carboxylic acid groups (broad SMARTS) is 1. The van der Waals surface area contributed by atoms with E-state index in [1.807, 2.05) is 0 Å². The van der Waals surface area contributed by atoms with E-state index < -0.39 is 24.2 Å². The Morgan fingerprint density at radius 1 is 1.73 bits per heavy atom. The van der Waals surface area contributed by atoms with Crippen LogP contribution in [-0.2, 0) is 4.79 Å². The van der Waals surface area contributed by atoms with Crippen molar-refractivity contribution in [2.24, 2.45) is 0 Å². The van der Waals surface area contributed by atoms with Crippen molar-refractivity contribution < 1.29 is 20.1 Å². The third kappa shape index (κ3) is 1.68. The number of hydrogen-bond acceptors (Lipinski definition) is 4. The van der Waals surface area contributed by atoms with E-state index in [4.69, 9.17) is 10.2 Å². The first-order chi connectivity index (χ1) is 5.07. The van der Waals surface area contributed by atoms with E-state index in [9.17, 15) is 9.90 Å². The third-order valence-corrected chi connectivity index (χ3v) is 1.85. The largest absolute Gasteiger partial charge is 0.480 e. The van der Waals surface area contributed by atoms with Gasteiger partial charge >= 0.3 is 5.97 Å². The molecule has 0 bridgehead atoms. The molecule has 64 valence electrons. The summed E-state index contributed by atoms with van der Waals surface area (Å²) in [5.74, 6) is -0.991. The first-order valence-corrected chi connectivity index (χ1v) is 3.37. The minimum Gasteiger partial charge on any atom is -0.480 e. The normalized spacial score (nSPS) is 37.5. The number of β-amino-alcohol motifs (C(OH)–C–C–N with tert-alkyl or cyclic N) is 1. The van der Waals surface area contributed by atoms with E-state index in [1.165, 1.54) is 0 Å². The highest BCUT2D eigenvalue weighted by atomic mass is 16.4. The van der Waals surface area contributed by atoms with Crippen LogP contribution in [0.4, 0.5) is 0 Å². The second kappa shape index (κ2) is 2.77. The summed E-state index contributed by atoms with van der Waals surface area (Å²) in [5.41, 5.74) is -1.25. The van der Waals surface area contributed by atoms with Crippen molar-refractivity contribution in [2.45, 2.75) is 18.1 Å². The maximum Gasteiger partial charge on any atom is 0.320 e. The second-order valence-electron chi connectivity index (χ2n) is 2.86. The molecule has 11 heavy (non-hydrogen) atoms. The van der Waals surface area contributed by atoms with Crippen LogP contribution in [0.25, 0.3) is 0 Å². The van der Waals surface area contributed by atoms with Crippen LogP contribution in [0, 0.1) is 0 Å². The highest BCUT2D eigenvalue weighted by molar-refractivity contribution is 5.74. The maximum absolute atomic E-state index is 10.4. The lowest BCUT2D eigenvalue weighted by Gasteiger charge is -2.16.